The molecule has 2 heterocycles. The maximum Gasteiger partial charge on any atom is 0.416 e. The second-order valence-electron chi connectivity index (χ2n) is 10.5. The van der Waals surface area contributed by atoms with Crippen molar-refractivity contribution in [3.05, 3.63) is 71.8 Å². The first-order chi connectivity index (χ1) is 22.7. The summed E-state index contributed by atoms with van der Waals surface area (Å²) in [5.41, 5.74) is 3.81. The third-order valence-corrected chi connectivity index (χ3v) is 6.55. The Bertz CT molecular complexity index is 1350. The Labute approximate surface area is 280 Å². The topological polar surface area (TPSA) is 114 Å². The summed E-state index contributed by atoms with van der Waals surface area (Å²) < 4.78 is 21.0. The van der Waals surface area contributed by atoms with E-state index in [-0.39, 0.29) is 12.1 Å². The Morgan fingerprint density at radius 1 is 0.936 bits per heavy atom. The van der Waals surface area contributed by atoms with E-state index in [9.17, 15) is 9.59 Å². The number of hydrogen-bond acceptors (Lipinski definition) is 10. The highest BCUT2D eigenvalue weighted by Crippen LogP contribution is 2.30. The molecule has 3 atom stereocenters. The van der Waals surface area contributed by atoms with Gasteiger partial charge in [0, 0.05) is 25.4 Å². The quantitative estimate of drug-likeness (QED) is 0.119. The van der Waals surface area contributed by atoms with E-state index < -0.39 is 18.6 Å². The second-order valence-corrected chi connectivity index (χ2v) is 10.5. The fraction of sp³-hybridized carbons (Fsp3) is 0.472. The predicted molar refractivity (Wildman–Crippen MR) is 189 cm³/mol. The summed E-state index contributed by atoms with van der Waals surface area (Å²) in [5.74, 6) is -0.332. The minimum Gasteiger partial charge on any atom is -0.449 e. The summed E-state index contributed by atoms with van der Waals surface area (Å²) in [5, 5.41) is 3.13. The van der Waals surface area contributed by atoms with Gasteiger partial charge in [0.05, 0.1) is 24.8 Å². The number of para-hydroxylation sites is 2. The average molecular weight is 650 g/mol. The van der Waals surface area contributed by atoms with Gasteiger partial charge in [0.1, 0.15) is 6.04 Å². The van der Waals surface area contributed by atoms with Crippen LogP contribution in [0.3, 0.4) is 0 Å². The summed E-state index contributed by atoms with van der Waals surface area (Å²) >= 11 is 0. The Morgan fingerprint density at radius 3 is 2.32 bits per heavy atom. The fourth-order valence-electron chi connectivity index (χ4n) is 4.42. The molecule has 11 heteroatoms. The van der Waals surface area contributed by atoms with Gasteiger partial charge in [-0.05, 0) is 91.0 Å². The average Bonchev–Trinajstić information content (AvgIpc) is 3.06. The zero-order valence-corrected chi connectivity index (χ0v) is 28.8. The summed E-state index contributed by atoms with van der Waals surface area (Å²) in [6, 6.07) is 17.7. The highest BCUT2D eigenvalue weighted by atomic mass is 16.7. The highest BCUT2D eigenvalue weighted by Gasteiger charge is 2.29. The van der Waals surface area contributed by atoms with Crippen LogP contribution in [-0.4, -0.2) is 95.1 Å². The number of aliphatic imine (C=N–C) groups is 2. The second kappa shape index (κ2) is 22.3. The zero-order valence-electron chi connectivity index (χ0n) is 28.8. The molecular formula is C36H51N5O6. The number of hydrogen-bond donors (Lipinski definition) is 1. The van der Waals surface area contributed by atoms with E-state index in [0.29, 0.717) is 19.8 Å². The molecule has 0 saturated heterocycles. The molecule has 11 nitrogen and oxygen atoms in total. The Kier molecular flexibility index (Phi) is 18.4. The molecule has 0 fully saturated rings. The number of carbonyl (C=O) groups excluding carboxylic acids is 2. The number of anilines is 2. The molecule has 0 aromatic heterocycles. The Hall–Kier alpha value is -4.28. The van der Waals surface area contributed by atoms with Crippen molar-refractivity contribution in [1.29, 1.82) is 0 Å². The number of carbonyl (C=O) groups is 2. The van der Waals surface area contributed by atoms with Gasteiger partial charge in [-0.3, -0.25) is 0 Å². The summed E-state index contributed by atoms with van der Waals surface area (Å²) in [7, 11) is 4.12. The van der Waals surface area contributed by atoms with Gasteiger partial charge in [0.2, 0.25) is 0 Å². The van der Waals surface area contributed by atoms with Crippen molar-refractivity contribution in [2.75, 3.05) is 63.8 Å². The van der Waals surface area contributed by atoms with Crippen LogP contribution in [0.2, 0.25) is 0 Å². The van der Waals surface area contributed by atoms with Gasteiger partial charge in [-0.1, -0.05) is 54.6 Å². The van der Waals surface area contributed by atoms with Crippen molar-refractivity contribution in [3.63, 3.8) is 0 Å². The molecule has 1 amide bonds. The lowest BCUT2D eigenvalue weighted by Crippen LogP contribution is -2.43. The van der Waals surface area contributed by atoms with E-state index in [1.807, 2.05) is 87.5 Å². The monoisotopic (exact) mass is 649 g/mol. The van der Waals surface area contributed by atoms with Gasteiger partial charge in [-0.15, -0.1) is 0 Å². The van der Waals surface area contributed by atoms with Crippen LogP contribution < -0.4 is 10.2 Å². The molecule has 0 aliphatic carbocycles. The van der Waals surface area contributed by atoms with Crippen LogP contribution in [0, 0.1) is 0 Å². The van der Waals surface area contributed by atoms with E-state index >= 15 is 0 Å². The number of nitrogens with zero attached hydrogens (tertiary/aromatic N) is 4. The van der Waals surface area contributed by atoms with Gasteiger partial charge < -0.3 is 29.2 Å². The highest BCUT2D eigenvalue weighted by molar-refractivity contribution is 5.93. The summed E-state index contributed by atoms with van der Waals surface area (Å²) in [4.78, 5) is 35.5. The van der Waals surface area contributed by atoms with Crippen LogP contribution in [0.25, 0.3) is 12.2 Å². The van der Waals surface area contributed by atoms with Gasteiger partial charge in [-0.25, -0.2) is 24.5 Å². The van der Waals surface area contributed by atoms with Crippen LogP contribution >= 0.6 is 0 Å². The number of nitrogens with one attached hydrogen (secondary N) is 1. The van der Waals surface area contributed by atoms with E-state index in [2.05, 4.69) is 40.3 Å². The smallest absolute Gasteiger partial charge is 0.416 e. The molecule has 4 rings (SSSR count). The largest absolute Gasteiger partial charge is 0.449 e. The molecule has 0 spiro atoms. The molecule has 256 valence electrons. The molecule has 0 radical (unpaired) electrons. The first-order valence-electron chi connectivity index (χ1n) is 16.2. The van der Waals surface area contributed by atoms with Crippen LogP contribution in [0.1, 0.15) is 52.2 Å². The van der Waals surface area contributed by atoms with Crippen molar-refractivity contribution in [2.24, 2.45) is 9.98 Å². The van der Waals surface area contributed by atoms with Crippen molar-refractivity contribution in [3.8, 4) is 0 Å². The zero-order chi connectivity index (χ0) is 34.4. The number of benzene rings is 2. The number of esters is 1. The minimum atomic E-state index is -0.519. The number of fused-ring (bicyclic) bond motifs is 2. The van der Waals surface area contributed by atoms with E-state index in [1.54, 1.807) is 24.8 Å². The van der Waals surface area contributed by atoms with Gasteiger partial charge in [-0.2, -0.15) is 0 Å². The van der Waals surface area contributed by atoms with Crippen LogP contribution in [-0.2, 0) is 23.7 Å². The maximum absolute atomic E-state index is 12.0. The van der Waals surface area contributed by atoms with E-state index in [0.717, 1.165) is 48.6 Å². The Balaban J connectivity index is 0.000000254. The number of rotatable bonds is 12. The summed E-state index contributed by atoms with van der Waals surface area (Å²) in [6.07, 6.45) is 7.33. The van der Waals surface area contributed by atoms with E-state index in [4.69, 9.17) is 18.9 Å². The molecule has 1 N–H and O–H groups in total. The molecular weight excluding hydrogens is 598 g/mol. The molecule has 0 bridgehead atoms. The fourth-order valence-corrected chi connectivity index (χ4v) is 4.42. The standard InChI is InChI=1S/2C14H17NO3.C8H17N3/c1-3-17-10(2)18-14(16)13-9-8-11-6-4-5-7-12(11)15-13;1-3-17-13-10-9-11-7-5-6-8-12(11)15(13)14(16)18-4-2;1-4-9-8-10-6-5-7-11(2)3/h4-10,13,15H,3H2,1-2H3;5-10,13H,3-4H2,1-2H3;4-7H2,1-3H3. The molecule has 2 aromatic rings. The third-order valence-electron chi connectivity index (χ3n) is 6.55. The van der Waals surface area contributed by atoms with Crippen LogP contribution in [0.15, 0.2) is 70.7 Å². The maximum atomic E-state index is 12.0. The molecule has 2 aliphatic rings. The normalized spacial score (nSPS) is 16.0. The lowest BCUT2D eigenvalue weighted by atomic mass is 10.1. The van der Waals surface area contributed by atoms with Crippen LogP contribution in [0.5, 0.6) is 0 Å². The SMILES string of the molecule is CCN=C=NCCCN(C)C.CCOC(=O)N1c2ccccc2C=CC1OCC.CCOC(C)OC(=O)C1C=Cc2ccccc2N1. The van der Waals surface area contributed by atoms with Gasteiger partial charge in [0.15, 0.2) is 12.5 Å². The van der Waals surface area contributed by atoms with Crippen molar-refractivity contribution >= 4 is 41.6 Å². The molecule has 2 aliphatic heterocycles. The summed E-state index contributed by atoms with van der Waals surface area (Å²) in [6.45, 7) is 13.3. The van der Waals surface area contributed by atoms with Crippen molar-refractivity contribution < 1.29 is 28.5 Å². The Morgan fingerprint density at radius 2 is 1.64 bits per heavy atom. The van der Waals surface area contributed by atoms with Crippen molar-refractivity contribution in [2.45, 2.75) is 59.6 Å². The van der Waals surface area contributed by atoms with Gasteiger partial charge >= 0.3 is 12.1 Å². The first kappa shape index (κ1) is 38.9. The molecule has 2 aromatic carbocycles. The van der Waals surface area contributed by atoms with Gasteiger partial charge in [0.25, 0.3) is 0 Å². The first-order valence-corrected chi connectivity index (χ1v) is 16.2. The lowest BCUT2D eigenvalue weighted by molar-refractivity contribution is -0.173. The predicted octanol–water partition coefficient (Wildman–Crippen LogP) is 6.59. The van der Waals surface area contributed by atoms with Crippen molar-refractivity contribution in [1.82, 2.24) is 4.90 Å². The van der Waals surface area contributed by atoms with E-state index in [1.165, 1.54) is 0 Å². The van der Waals surface area contributed by atoms with Crippen LogP contribution in [0.4, 0.5) is 16.2 Å². The molecule has 0 saturated carbocycles. The lowest BCUT2D eigenvalue weighted by Gasteiger charge is -2.32. The minimum absolute atomic E-state index is 0.332. The molecule has 47 heavy (non-hydrogen) atoms. The third kappa shape index (κ3) is 13.9. The number of ether oxygens (including phenoxy) is 4. The number of amides is 1. The molecule has 3 unspecified atom stereocenters.